The number of nitro groups is 1. The lowest BCUT2D eigenvalue weighted by Gasteiger charge is -2.11. The first-order valence-electron chi connectivity index (χ1n) is 5.90. The van der Waals surface area contributed by atoms with Gasteiger partial charge in [-0.2, -0.15) is 4.39 Å². The lowest BCUT2D eigenvalue weighted by atomic mass is 10.1. The maximum atomic E-state index is 13.7. The Balaban J connectivity index is 2.92. The van der Waals surface area contributed by atoms with Crippen molar-refractivity contribution in [3.63, 3.8) is 0 Å². The first-order valence-corrected chi connectivity index (χ1v) is 5.90. The van der Waals surface area contributed by atoms with E-state index >= 15 is 0 Å². The normalized spacial score (nSPS) is 12.0. The highest BCUT2D eigenvalue weighted by molar-refractivity contribution is 5.95. The average molecular weight is 288 g/mol. The van der Waals surface area contributed by atoms with Gasteiger partial charge in [0.05, 0.1) is 4.92 Å². The van der Waals surface area contributed by atoms with Crippen LogP contribution < -0.4 is 5.32 Å². The Morgan fingerprint density at radius 3 is 2.70 bits per heavy atom. The summed E-state index contributed by atoms with van der Waals surface area (Å²) < 4.78 is 27.2. The fourth-order valence-electron chi connectivity index (χ4n) is 1.57. The molecule has 1 aromatic rings. The summed E-state index contributed by atoms with van der Waals surface area (Å²) in [6.45, 7) is 1.76. The Bertz CT molecular complexity index is 522. The van der Waals surface area contributed by atoms with Crippen LogP contribution >= 0.6 is 0 Å². The maximum absolute atomic E-state index is 13.7. The molecule has 0 heterocycles. The van der Waals surface area contributed by atoms with Crippen LogP contribution in [0.4, 0.5) is 14.5 Å². The predicted octanol–water partition coefficient (Wildman–Crippen LogP) is 1.62. The highest BCUT2D eigenvalue weighted by atomic mass is 19.1. The van der Waals surface area contributed by atoms with Gasteiger partial charge in [-0.25, -0.2) is 4.39 Å². The molecular weight excluding hydrogens is 274 g/mol. The second kappa shape index (κ2) is 6.90. The van der Waals surface area contributed by atoms with Crippen molar-refractivity contribution in [2.75, 3.05) is 13.2 Å². The molecule has 20 heavy (non-hydrogen) atoms. The topological polar surface area (TPSA) is 92.5 Å². The Morgan fingerprint density at radius 1 is 1.50 bits per heavy atom. The smallest absolute Gasteiger partial charge is 0.305 e. The third-order valence-corrected chi connectivity index (χ3v) is 2.73. The molecule has 1 rings (SSSR count). The van der Waals surface area contributed by atoms with Crippen molar-refractivity contribution in [2.45, 2.75) is 13.3 Å². The van der Waals surface area contributed by atoms with E-state index < -0.39 is 33.7 Å². The number of nitrogens with one attached hydrogen (secondary N) is 1. The number of rotatable bonds is 6. The average Bonchev–Trinajstić information content (AvgIpc) is 2.36. The van der Waals surface area contributed by atoms with E-state index in [9.17, 15) is 23.7 Å². The van der Waals surface area contributed by atoms with E-state index in [4.69, 9.17) is 5.11 Å². The zero-order valence-corrected chi connectivity index (χ0v) is 10.7. The molecule has 110 valence electrons. The standard InChI is InChI=1S/C12H14F2N2O4/c1-7(4-5-17)6-15-12(18)10-8(13)2-3-9(11(10)14)16(19)20/h2-3,7,17H,4-6H2,1H3,(H,15,18). The summed E-state index contributed by atoms with van der Waals surface area (Å²) in [5.41, 5.74) is -1.93. The Hall–Kier alpha value is -2.09. The Labute approximate surface area is 113 Å². The highest BCUT2D eigenvalue weighted by Crippen LogP contribution is 2.22. The van der Waals surface area contributed by atoms with E-state index in [0.29, 0.717) is 18.6 Å². The molecule has 0 aromatic heterocycles. The van der Waals surface area contributed by atoms with Crippen molar-refractivity contribution in [1.29, 1.82) is 0 Å². The van der Waals surface area contributed by atoms with Crippen molar-refractivity contribution in [2.24, 2.45) is 5.92 Å². The summed E-state index contributed by atoms with van der Waals surface area (Å²) in [6.07, 6.45) is 0.417. The first kappa shape index (κ1) is 16.0. The molecule has 0 saturated heterocycles. The number of amides is 1. The van der Waals surface area contributed by atoms with Crippen molar-refractivity contribution in [3.05, 3.63) is 39.4 Å². The number of benzene rings is 1. The van der Waals surface area contributed by atoms with Crippen LogP contribution in [-0.4, -0.2) is 29.1 Å². The third kappa shape index (κ3) is 3.70. The van der Waals surface area contributed by atoms with Gasteiger partial charge in [-0.1, -0.05) is 6.92 Å². The number of halogens is 2. The fraction of sp³-hybridized carbons (Fsp3) is 0.417. The molecule has 0 spiro atoms. The van der Waals surface area contributed by atoms with Crippen LogP contribution in [0.1, 0.15) is 23.7 Å². The zero-order valence-electron chi connectivity index (χ0n) is 10.7. The van der Waals surface area contributed by atoms with Gasteiger partial charge in [-0.05, 0) is 18.4 Å². The van der Waals surface area contributed by atoms with Crippen LogP contribution in [0.2, 0.25) is 0 Å². The number of hydrogen-bond donors (Lipinski definition) is 2. The molecule has 0 saturated carbocycles. The number of aliphatic hydroxyl groups excluding tert-OH is 1. The van der Waals surface area contributed by atoms with E-state index in [1.807, 2.05) is 0 Å². The summed E-state index contributed by atoms with van der Waals surface area (Å²) >= 11 is 0. The van der Waals surface area contributed by atoms with E-state index in [1.165, 1.54) is 0 Å². The Kier molecular flexibility index (Phi) is 5.51. The van der Waals surface area contributed by atoms with E-state index in [1.54, 1.807) is 6.92 Å². The largest absolute Gasteiger partial charge is 0.396 e. The minimum absolute atomic E-state index is 0.0728. The molecule has 1 amide bonds. The summed E-state index contributed by atoms with van der Waals surface area (Å²) in [7, 11) is 0. The van der Waals surface area contributed by atoms with E-state index in [2.05, 4.69) is 5.32 Å². The number of nitrogens with zero attached hydrogens (tertiary/aromatic N) is 1. The zero-order chi connectivity index (χ0) is 15.3. The van der Waals surface area contributed by atoms with Crippen LogP contribution in [0, 0.1) is 27.7 Å². The Morgan fingerprint density at radius 2 is 2.15 bits per heavy atom. The fourth-order valence-corrected chi connectivity index (χ4v) is 1.57. The number of aliphatic hydroxyl groups is 1. The molecule has 1 unspecified atom stereocenters. The van der Waals surface area contributed by atoms with Crippen molar-refractivity contribution in [1.82, 2.24) is 5.32 Å². The minimum atomic E-state index is -1.50. The van der Waals surface area contributed by atoms with Crippen LogP contribution in [0.3, 0.4) is 0 Å². The maximum Gasteiger partial charge on any atom is 0.305 e. The molecular formula is C12H14F2N2O4. The molecule has 0 aliphatic carbocycles. The van der Waals surface area contributed by atoms with Gasteiger partial charge in [-0.3, -0.25) is 14.9 Å². The molecule has 0 bridgehead atoms. The monoisotopic (exact) mass is 288 g/mol. The van der Waals surface area contributed by atoms with Crippen LogP contribution in [0.25, 0.3) is 0 Å². The van der Waals surface area contributed by atoms with Crippen molar-refractivity contribution in [3.8, 4) is 0 Å². The van der Waals surface area contributed by atoms with Gasteiger partial charge in [0.15, 0.2) is 0 Å². The minimum Gasteiger partial charge on any atom is -0.396 e. The van der Waals surface area contributed by atoms with Crippen molar-refractivity contribution < 1.29 is 23.6 Å². The molecule has 8 heteroatoms. The third-order valence-electron chi connectivity index (χ3n) is 2.73. The van der Waals surface area contributed by atoms with Gasteiger partial charge >= 0.3 is 5.69 Å². The van der Waals surface area contributed by atoms with Gasteiger partial charge in [0, 0.05) is 19.2 Å². The summed E-state index contributed by atoms with van der Waals surface area (Å²) in [4.78, 5) is 21.2. The van der Waals surface area contributed by atoms with Gasteiger partial charge in [0.1, 0.15) is 11.4 Å². The van der Waals surface area contributed by atoms with Crippen LogP contribution in [0.5, 0.6) is 0 Å². The summed E-state index contributed by atoms with van der Waals surface area (Å²) in [6, 6.07) is 1.34. The van der Waals surface area contributed by atoms with E-state index in [0.717, 1.165) is 0 Å². The molecule has 1 aromatic carbocycles. The quantitative estimate of drug-likeness (QED) is 0.614. The molecule has 0 radical (unpaired) electrons. The molecule has 0 fully saturated rings. The van der Waals surface area contributed by atoms with Gasteiger partial charge < -0.3 is 10.4 Å². The first-order chi connectivity index (χ1) is 9.38. The molecule has 6 nitrogen and oxygen atoms in total. The lowest BCUT2D eigenvalue weighted by molar-refractivity contribution is -0.387. The van der Waals surface area contributed by atoms with Gasteiger partial charge in [-0.15, -0.1) is 0 Å². The van der Waals surface area contributed by atoms with Gasteiger partial charge in [0.25, 0.3) is 5.91 Å². The number of nitro benzene ring substituents is 1. The molecule has 0 aliphatic rings. The van der Waals surface area contributed by atoms with E-state index in [-0.39, 0.29) is 19.1 Å². The highest BCUT2D eigenvalue weighted by Gasteiger charge is 2.26. The second-order valence-electron chi connectivity index (χ2n) is 4.34. The summed E-state index contributed by atoms with van der Waals surface area (Å²) in [5.74, 6) is -3.81. The van der Waals surface area contributed by atoms with Crippen molar-refractivity contribution >= 4 is 11.6 Å². The van der Waals surface area contributed by atoms with Crippen LogP contribution in [-0.2, 0) is 0 Å². The SMILES string of the molecule is CC(CCO)CNC(=O)c1c(F)ccc([N+](=O)[O-])c1F. The molecule has 2 N–H and O–H groups in total. The molecule has 1 atom stereocenters. The number of hydrogen-bond acceptors (Lipinski definition) is 4. The second-order valence-corrected chi connectivity index (χ2v) is 4.34. The van der Waals surface area contributed by atoms with Gasteiger partial charge in [0.2, 0.25) is 5.82 Å². The number of carbonyl (C=O) groups excluding carboxylic acids is 1. The summed E-state index contributed by atoms with van der Waals surface area (Å²) in [5, 5.41) is 21.5. The number of carbonyl (C=O) groups is 1. The van der Waals surface area contributed by atoms with Crippen LogP contribution in [0.15, 0.2) is 12.1 Å². The molecule has 0 aliphatic heterocycles. The lowest BCUT2D eigenvalue weighted by Crippen LogP contribution is -2.30. The predicted molar refractivity (Wildman–Crippen MR) is 66.2 cm³/mol.